The van der Waals surface area contributed by atoms with E-state index in [1.54, 1.807) is 0 Å². The minimum Gasteiger partial charge on any atom is -0.0622 e. The summed E-state index contributed by atoms with van der Waals surface area (Å²) >= 11 is -1.79. The first-order valence-corrected chi connectivity index (χ1v) is 10.2. The van der Waals surface area contributed by atoms with Gasteiger partial charge in [0.1, 0.15) is 0 Å². The third-order valence-electron chi connectivity index (χ3n) is 3.39. The van der Waals surface area contributed by atoms with Crippen molar-refractivity contribution in [3.05, 3.63) is 35.9 Å². The van der Waals surface area contributed by atoms with Gasteiger partial charge >= 0.3 is 97.7 Å². The van der Waals surface area contributed by atoms with Crippen molar-refractivity contribution in [1.29, 1.82) is 0 Å². The molecule has 0 bridgehead atoms. The zero-order chi connectivity index (χ0) is 13.6. The van der Waals surface area contributed by atoms with Crippen LogP contribution in [-0.4, -0.2) is 28.1 Å². The number of hydrogen-bond acceptors (Lipinski definition) is 2. The molecule has 0 amide bonds. The van der Waals surface area contributed by atoms with Crippen LogP contribution in [0, 0.1) is 0 Å². The van der Waals surface area contributed by atoms with Crippen molar-refractivity contribution in [3.8, 4) is 0 Å². The summed E-state index contributed by atoms with van der Waals surface area (Å²) in [4.78, 5) is 0. The molecular weight excluding hydrogens is 343 g/mol. The number of hydrogen-bond donors (Lipinski definition) is 0. The summed E-state index contributed by atoms with van der Waals surface area (Å²) in [5, 5.41) is 0. The number of rotatable bonds is 12. The van der Waals surface area contributed by atoms with E-state index in [9.17, 15) is 3.08 Å². The summed E-state index contributed by atoms with van der Waals surface area (Å²) in [5.74, 6) is 0. The van der Waals surface area contributed by atoms with Gasteiger partial charge in [0.05, 0.1) is 0 Å². The molecule has 1 aromatic rings. The number of benzene rings is 1. The molecule has 0 spiro atoms. The van der Waals surface area contributed by atoms with Gasteiger partial charge in [0.25, 0.3) is 0 Å². The summed E-state index contributed by atoms with van der Waals surface area (Å²) in [6.45, 7) is 0.724. The van der Waals surface area contributed by atoms with Crippen molar-refractivity contribution in [3.63, 3.8) is 0 Å². The maximum atomic E-state index is 10.2. The van der Waals surface area contributed by atoms with Crippen LogP contribution in [0.5, 0.6) is 0 Å². The molecule has 0 aliphatic rings. The van der Waals surface area contributed by atoms with E-state index < -0.39 is 21.5 Å². The van der Waals surface area contributed by atoms with Crippen LogP contribution >= 0.6 is 0 Å². The third-order valence-corrected chi connectivity index (χ3v) is 4.45. The number of aryl methyl sites for hydroxylation is 1. The van der Waals surface area contributed by atoms with Crippen molar-refractivity contribution in [2.75, 3.05) is 6.61 Å². The molecule has 19 heavy (non-hydrogen) atoms. The zero-order valence-corrected chi connectivity index (χ0v) is 15.1. The normalized spacial score (nSPS) is 10.5. The van der Waals surface area contributed by atoms with Gasteiger partial charge < -0.3 is 0 Å². The molecule has 2 nitrogen and oxygen atoms in total. The zero-order valence-electron chi connectivity index (χ0n) is 11.9. The van der Waals surface area contributed by atoms with Crippen LogP contribution in [0.4, 0.5) is 0 Å². The Morgan fingerprint density at radius 3 is 2.00 bits per heavy atom. The Bertz CT molecular complexity index is 314. The molecule has 0 aromatic heterocycles. The van der Waals surface area contributed by atoms with Gasteiger partial charge in [-0.3, -0.25) is 0 Å². The summed E-state index contributed by atoms with van der Waals surface area (Å²) in [7, 11) is 0. The molecule has 0 heterocycles. The van der Waals surface area contributed by atoms with Crippen LogP contribution < -0.4 is 0 Å². The van der Waals surface area contributed by atoms with Crippen molar-refractivity contribution in [2.45, 2.75) is 57.8 Å². The molecule has 0 unspecified atom stereocenters. The SMILES string of the molecule is [O]=[SnH][O]CCCCCCCCCCc1ccccc1. The van der Waals surface area contributed by atoms with Gasteiger partial charge in [-0.25, -0.2) is 0 Å². The predicted molar refractivity (Wildman–Crippen MR) is 80.9 cm³/mol. The van der Waals surface area contributed by atoms with E-state index >= 15 is 0 Å². The average Bonchev–Trinajstić information content (AvgIpc) is 2.46. The van der Waals surface area contributed by atoms with E-state index in [2.05, 4.69) is 30.3 Å². The van der Waals surface area contributed by atoms with Gasteiger partial charge in [0.2, 0.25) is 0 Å². The molecule has 3 heteroatoms. The van der Waals surface area contributed by atoms with Crippen molar-refractivity contribution < 1.29 is 6.15 Å². The Morgan fingerprint density at radius 2 is 1.37 bits per heavy atom. The smallest absolute Gasteiger partial charge is 0.0622 e. The van der Waals surface area contributed by atoms with Gasteiger partial charge in [0, 0.05) is 0 Å². The summed E-state index contributed by atoms with van der Waals surface area (Å²) in [6.07, 6.45) is 11.6. The summed E-state index contributed by atoms with van der Waals surface area (Å²) < 4.78 is 15.2. The molecule has 0 N–H and O–H groups in total. The van der Waals surface area contributed by atoms with Crippen LogP contribution in [0.3, 0.4) is 0 Å². The van der Waals surface area contributed by atoms with E-state index in [1.165, 1.54) is 56.9 Å². The predicted octanol–water partition coefficient (Wildman–Crippen LogP) is 4.06. The van der Waals surface area contributed by atoms with Crippen molar-refractivity contribution in [2.24, 2.45) is 0 Å². The fourth-order valence-electron chi connectivity index (χ4n) is 2.27. The second kappa shape index (κ2) is 12.8. The molecule has 1 rings (SSSR count). The van der Waals surface area contributed by atoms with Crippen LogP contribution in [0.2, 0.25) is 0 Å². The van der Waals surface area contributed by atoms with E-state index in [1.807, 2.05) is 0 Å². The average molecular weight is 369 g/mol. The Balaban J connectivity index is 1.80. The van der Waals surface area contributed by atoms with Crippen molar-refractivity contribution >= 4 is 21.5 Å². The Labute approximate surface area is 128 Å². The Hall–Kier alpha value is -0.221. The number of unbranched alkanes of at least 4 members (excludes halogenated alkanes) is 7. The molecule has 0 fully saturated rings. The minimum absolute atomic E-state index is 0.724. The van der Waals surface area contributed by atoms with Crippen LogP contribution in [-0.2, 0) is 12.6 Å². The van der Waals surface area contributed by atoms with Crippen LogP contribution in [0.15, 0.2) is 30.3 Å². The molecular formula is C16H26O2Sn. The molecule has 106 valence electrons. The second-order valence-corrected chi connectivity index (χ2v) is 6.53. The van der Waals surface area contributed by atoms with Gasteiger partial charge in [-0.05, 0) is 0 Å². The first-order chi connectivity index (χ1) is 9.43. The molecule has 0 radical (unpaired) electrons. The Morgan fingerprint density at radius 1 is 0.789 bits per heavy atom. The van der Waals surface area contributed by atoms with Crippen LogP contribution in [0.1, 0.15) is 56.9 Å². The molecule has 1 aromatic carbocycles. The van der Waals surface area contributed by atoms with E-state index in [4.69, 9.17) is 3.07 Å². The minimum atomic E-state index is -1.79. The van der Waals surface area contributed by atoms with E-state index in [0.29, 0.717) is 0 Å². The van der Waals surface area contributed by atoms with Gasteiger partial charge in [-0.2, -0.15) is 0 Å². The first-order valence-electron chi connectivity index (χ1n) is 7.52. The van der Waals surface area contributed by atoms with Gasteiger partial charge in [-0.1, -0.05) is 30.3 Å². The fourth-order valence-corrected chi connectivity index (χ4v) is 3.02. The molecule has 0 aliphatic carbocycles. The third kappa shape index (κ3) is 10.3. The topological polar surface area (TPSA) is 26.3 Å². The first kappa shape index (κ1) is 16.8. The monoisotopic (exact) mass is 370 g/mol. The fraction of sp³-hybridized carbons (Fsp3) is 0.625. The molecule has 0 saturated heterocycles. The van der Waals surface area contributed by atoms with Crippen molar-refractivity contribution in [1.82, 2.24) is 0 Å². The van der Waals surface area contributed by atoms with E-state index in [0.717, 1.165) is 13.0 Å². The molecule has 0 saturated carbocycles. The van der Waals surface area contributed by atoms with E-state index in [-0.39, 0.29) is 0 Å². The standard InChI is InChI=1S/C16H25O.O.Sn.H/c17-15-11-6-4-2-1-3-5-8-12-16-13-9-7-10-14-16;;;/h7,9-10,13-14H,1-6,8,11-12,15H2;;;/q-1;;+1;. The van der Waals surface area contributed by atoms with Crippen LogP contribution in [0.25, 0.3) is 0 Å². The Kier molecular flexibility index (Phi) is 11.3. The summed E-state index contributed by atoms with van der Waals surface area (Å²) in [6, 6.07) is 10.8. The summed E-state index contributed by atoms with van der Waals surface area (Å²) in [5.41, 5.74) is 1.46. The molecule has 0 atom stereocenters. The maximum absolute atomic E-state index is 10.2. The quantitative estimate of drug-likeness (QED) is 0.410. The van der Waals surface area contributed by atoms with Gasteiger partial charge in [-0.15, -0.1) is 0 Å². The van der Waals surface area contributed by atoms with Gasteiger partial charge in [0.15, 0.2) is 0 Å². The second-order valence-electron chi connectivity index (χ2n) is 5.03. The molecule has 0 aliphatic heterocycles.